The van der Waals surface area contributed by atoms with Gasteiger partial charge in [-0.3, -0.25) is 4.55 Å². The van der Waals surface area contributed by atoms with Gasteiger partial charge < -0.3 is 0 Å². The Balaban J connectivity index is 3.16. The summed E-state index contributed by atoms with van der Waals surface area (Å²) in [5, 5.41) is 0. The van der Waals surface area contributed by atoms with Crippen LogP contribution in [0, 0.1) is 18.3 Å². The normalized spacial score (nSPS) is 13.0. The number of benzene rings is 1. The highest BCUT2D eigenvalue weighted by Gasteiger charge is 2.24. The largest absolute Gasteiger partial charge is 0.294 e. The lowest BCUT2D eigenvalue weighted by Crippen LogP contribution is -2.19. The van der Waals surface area contributed by atoms with E-state index in [-0.39, 0.29) is 10.3 Å². The van der Waals surface area contributed by atoms with Gasteiger partial charge in [0.25, 0.3) is 10.1 Å². The molecule has 1 N–H and O–H groups in total. The van der Waals surface area contributed by atoms with Crippen molar-refractivity contribution < 1.29 is 13.0 Å². The molecule has 0 aliphatic heterocycles. The van der Waals surface area contributed by atoms with Crippen LogP contribution in [-0.2, 0) is 16.5 Å². The molecule has 0 fully saturated rings. The van der Waals surface area contributed by atoms with E-state index < -0.39 is 10.1 Å². The Bertz CT molecular complexity index is 543. The summed E-state index contributed by atoms with van der Waals surface area (Å²) in [4.78, 5) is 0.0370. The van der Waals surface area contributed by atoms with Crippen LogP contribution in [0.4, 0.5) is 0 Å². The molecule has 108 valence electrons. The van der Waals surface area contributed by atoms with E-state index in [0.717, 1.165) is 12.0 Å². The van der Waals surface area contributed by atoms with Gasteiger partial charge >= 0.3 is 0 Å². The third-order valence-electron chi connectivity index (χ3n) is 3.12. The van der Waals surface area contributed by atoms with Crippen molar-refractivity contribution in [2.75, 3.05) is 0 Å². The summed E-state index contributed by atoms with van der Waals surface area (Å²) in [7, 11) is -4.15. The molecule has 0 atom stereocenters. The van der Waals surface area contributed by atoms with Gasteiger partial charge in [0.1, 0.15) is 0 Å². The van der Waals surface area contributed by atoms with E-state index in [1.54, 1.807) is 6.07 Å². The van der Waals surface area contributed by atoms with Crippen LogP contribution in [0.5, 0.6) is 0 Å². The van der Waals surface area contributed by atoms with E-state index in [0.29, 0.717) is 17.9 Å². The molecule has 0 spiro atoms. The van der Waals surface area contributed by atoms with Crippen molar-refractivity contribution in [2.24, 2.45) is 11.3 Å². The summed E-state index contributed by atoms with van der Waals surface area (Å²) >= 11 is 0. The lowest BCUT2D eigenvalue weighted by molar-refractivity contribution is 0.283. The molecule has 0 aliphatic carbocycles. The van der Waals surface area contributed by atoms with Crippen molar-refractivity contribution in [3.05, 3.63) is 29.3 Å². The van der Waals surface area contributed by atoms with Crippen molar-refractivity contribution in [2.45, 2.75) is 52.4 Å². The summed E-state index contributed by atoms with van der Waals surface area (Å²) in [5.41, 5.74) is 1.71. The monoisotopic (exact) mass is 284 g/mol. The van der Waals surface area contributed by atoms with Crippen LogP contribution in [0.2, 0.25) is 0 Å². The average Bonchev–Trinajstić information content (AvgIpc) is 2.11. The molecule has 0 bridgehead atoms. The molecule has 19 heavy (non-hydrogen) atoms. The first-order chi connectivity index (χ1) is 8.51. The Morgan fingerprint density at radius 1 is 1.26 bits per heavy atom. The van der Waals surface area contributed by atoms with Crippen LogP contribution in [0.15, 0.2) is 23.1 Å². The minimum Gasteiger partial charge on any atom is -0.282 e. The quantitative estimate of drug-likeness (QED) is 0.835. The molecule has 0 amide bonds. The van der Waals surface area contributed by atoms with Gasteiger partial charge in [-0.1, -0.05) is 45.4 Å². The van der Waals surface area contributed by atoms with E-state index in [1.807, 2.05) is 13.0 Å². The Kier molecular flexibility index (Phi) is 4.80. The maximum absolute atomic E-state index is 11.4. The van der Waals surface area contributed by atoms with E-state index in [4.69, 9.17) is 0 Å². The highest BCUT2D eigenvalue weighted by atomic mass is 32.2. The zero-order valence-electron chi connectivity index (χ0n) is 12.4. The molecule has 0 aliphatic rings. The first-order valence-corrected chi connectivity index (χ1v) is 8.02. The Morgan fingerprint density at radius 2 is 1.84 bits per heavy atom. The maximum atomic E-state index is 11.4. The van der Waals surface area contributed by atoms with Gasteiger partial charge in [0.05, 0.1) is 4.90 Å². The molecule has 1 aromatic rings. The first-order valence-electron chi connectivity index (χ1n) is 6.58. The second-order valence-corrected chi connectivity index (χ2v) is 7.92. The molecule has 0 saturated carbocycles. The van der Waals surface area contributed by atoms with Crippen LogP contribution in [0.1, 0.15) is 45.2 Å². The zero-order chi connectivity index (χ0) is 14.8. The van der Waals surface area contributed by atoms with Gasteiger partial charge in [-0.05, 0) is 42.7 Å². The maximum Gasteiger partial charge on any atom is 0.294 e. The van der Waals surface area contributed by atoms with E-state index >= 15 is 0 Å². The lowest BCUT2D eigenvalue weighted by Gasteiger charge is -2.27. The minimum absolute atomic E-state index is 0.00139. The van der Waals surface area contributed by atoms with Crippen LogP contribution in [0.25, 0.3) is 0 Å². The molecule has 0 saturated heterocycles. The third-order valence-corrected chi connectivity index (χ3v) is 4.08. The van der Waals surface area contributed by atoms with E-state index in [9.17, 15) is 13.0 Å². The minimum atomic E-state index is -4.15. The van der Waals surface area contributed by atoms with Gasteiger partial charge in [-0.15, -0.1) is 0 Å². The number of aryl methyl sites for hydroxylation is 1. The fraction of sp³-hybridized carbons (Fsp3) is 0.600. The first kappa shape index (κ1) is 16.2. The average molecular weight is 284 g/mol. The smallest absolute Gasteiger partial charge is 0.282 e. The second-order valence-electron chi connectivity index (χ2n) is 6.53. The number of hydrogen-bond donors (Lipinski definition) is 1. The third kappa shape index (κ3) is 4.96. The number of rotatable bonds is 5. The molecular formula is C15H24O3S. The predicted octanol–water partition coefficient (Wildman–Crippen LogP) is 3.86. The van der Waals surface area contributed by atoms with Gasteiger partial charge in [-0.25, -0.2) is 0 Å². The highest BCUT2D eigenvalue weighted by Crippen LogP contribution is 2.32. The standard InChI is InChI=1S/C15H24O3S/c1-11(2)9-15(4,5)10-13-8-12(3)6-7-14(13)19(16,17)18/h6-8,11H,9-10H2,1-5H3,(H,16,17,18). The topological polar surface area (TPSA) is 54.4 Å². The molecule has 0 radical (unpaired) electrons. The molecule has 1 aromatic carbocycles. The van der Waals surface area contributed by atoms with Gasteiger partial charge in [0.2, 0.25) is 0 Å². The Hall–Kier alpha value is -0.870. The molecule has 1 rings (SSSR count). The van der Waals surface area contributed by atoms with Crippen molar-refractivity contribution in [1.82, 2.24) is 0 Å². The summed E-state index contributed by atoms with van der Waals surface area (Å²) in [6.45, 7) is 10.5. The van der Waals surface area contributed by atoms with Gasteiger partial charge in [0, 0.05) is 0 Å². The second kappa shape index (κ2) is 5.63. The van der Waals surface area contributed by atoms with E-state index in [2.05, 4.69) is 27.7 Å². The fourth-order valence-electron chi connectivity index (χ4n) is 2.79. The zero-order valence-corrected chi connectivity index (χ0v) is 13.2. The highest BCUT2D eigenvalue weighted by molar-refractivity contribution is 7.85. The SMILES string of the molecule is Cc1ccc(S(=O)(=O)O)c(CC(C)(C)CC(C)C)c1. The molecule has 0 aromatic heterocycles. The van der Waals surface area contributed by atoms with Gasteiger partial charge in [0.15, 0.2) is 0 Å². The Morgan fingerprint density at radius 3 is 2.32 bits per heavy atom. The van der Waals surface area contributed by atoms with Crippen LogP contribution in [0.3, 0.4) is 0 Å². The van der Waals surface area contributed by atoms with Crippen molar-refractivity contribution in [3.8, 4) is 0 Å². The Labute approximate surface area is 116 Å². The summed E-state index contributed by atoms with van der Waals surface area (Å²) in [6.07, 6.45) is 1.65. The molecule has 0 heterocycles. The summed E-state index contributed by atoms with van der Waals surface area (Å²) in [6, 6.07) is 5.05. The fourth-order valence-corrected chi connectivity index (χ4v) is 3.49. The molecule has 3 nitrogen and oxygen atoms in total. The van der Waals surface area contributed by atoms with Crippen LogP contribution < -0.4 is 0 Å². The van der Waals surface area contributed by atoms with Crippen molar-refractivity contribution in [3.63, 3.8) is 0 Å². The van der Waals surface area contributed by atoms with Crippen molar-refractivity contribution in [1.29, 1.82) is 0 Å². The molecule has 4 heteroatoms. The summed E-state index contributed by atoms with van der Waals surface area (Å²) in [5.74, 6) is 0.550. The molecule has 0 unspecified atom stereocenters. The lowest BCUT2D eigenvalue weighted by atomic mass is 9.79. The summed E-state index contributed by atoms with van der Waals surface area (Å²) < 4.78 is 32.2. The van der Waals surface area contributed by atoms with Crippen LogP contribution >= 0.6 is 0 Å². The van der Waals surface area contributed by atoms with Gasteiger partial charge in [-0.2, -0.15) is 8.42 Å². The predicted molar refractivity (Wildman–Crippen MR) is 77.9 cm³/mol. The molecular weight excluding hydrogens is 260 g/mol. The van der Waals surface area contributed by atoms with Crippen LogP contribution in [-0.4, -0.2) is 13.0 Å². The van der Waals surface area contributed by atoms with Crippen molar-refractivity contribution >= 4 is 10.1 Å². The number of hydrogen-bond acceptors (Lipinski definition) is 2. The van der Waals surface area contributed by atoms with E-state index in [1.165, 1.54) is 6.07 Å².